The van der Waals surface area contributed by atoms with Gasteiger partial charge < -0.3 is 5.32 Å². The van der Waals surface area contributed by atoms with Crippen LogP contribution in [0.2, 0.25) is 0 Å². The van der Waals surface area contributed by atoms with Gasteiger partial charge in [-0.3, -0.25) is 5.43 Å². The van der Waals surface area contributed by atoms with Crippen LogP contribution in [0.15, 0.2) is 76.5 Å². The number of nitrogens with zero attached hydrogens (tertiary/aromatic N) is 5. The number of aryl methyl sites for hydroxylation is 1. The minimum absolute atomic E-state index is 0.299. The summed E-state index contributed by atoms with van der Waals surface area (Å²) >= 11 is 0. The number of hydrogen-bond donors (Lipinski definition) is 2. The average molecular weight is 395 g/mol. The average Bonchev–Trinajstić information content (AvgIpc) is 3.23. The van der Waals surface area contributed by atoms with Crippen molar-refractivity contribution in [2.45, 2.75) is 6.92 Å². The van der Waals surface area contributed by atoms with Crippen LogP contribution in [0, 0.1) is 6.92 Å². The predicted molar refractivity (Wildman–Crippen MR) is 117 cm³/mol. The summed E-state index contributed by atoms with van der Waals surface area (Å²) in [4.78, 5) is 8.91. The van der Waals surface area contributed by atoms with E-state index in [9.17, 15) is 0 Å². The molecule has 8 nitrogen and oxygen atoms in total. The minimum Gasteiger partial charge on any atom is -0.337 e. The number of para-hydroxylation sites is 1. The number of rotatable bonds is 5. The Hall–Kier alpha value is -4.33. The summed E-state index contributed by atoms with van der Waals surface area (Å²) in [5, 5.41) is 17.5. The first-order chi connectivity index (χ1) is 14.8. The zero-order valence-corrected chi connectivity index (χ0v) is 16.1. The summed E-state index contributed by atoms with van der Waals surface area (Å²) in [6.45, 7) is 2.01. The molecule has 8 heteroatoms. The van der Waals surface area contributed by atoms with Gasteiger partial charge in [0.2, 0.25) is 11.3 Å². The van der Waals surface area contributed by atoms with Crippen LogP contribution in [0.4, 0.5) is 17.3 Å². The second kappa shape index (κ2) is 7.59. The molecule has 0 amide bonds. The monoisotopic (exact) mass is 395 g/mol. The number of hydrogen-bond acceptors (Lipinski definition) is 8. The smallest absolute Gasteiger partial charge is 0.245 e. The molecule has 0 radical (unpaired) electrons. The summed E-state index contributed by atoms with van der Waals surface area (Å²) in [6, 6.07) is 22.1. The second-order valence-corrected chi connectivity index (χ2v) is 6.71. The minimum atomic E-state index is 0.299. The number of fused-ring (bicyclic) bond motifs is 2. The second-order valence-electron chi connectivity index (χ2n) is 6.71. The van der Waals surface area contributed by atoms with Crippen LogP contribution < -0.4 is 10.7 Å². The molecule has 5 rings (SSSR count). The van der Waals surface area contributed by atoms with E-state index in [1.807, 2.05) is 55.5 Å². The van der Waals surface area contributed by atoms with Gasteiger partial charge in [-0.05, 0) is 39.6 Å². The number of hydrazone groups is 1. The Bertz CT molecular complexity index is 1370. The van der Waals surface area contributed by atoms with Crippen LogP contribution in [0.25, 0.3) is 22.1 Å². The van der Waals surface area contributed by atoms with Gasteiger partial charge in [-0.1, -0.05) is 60.7 Å². The van der Waals surface area contributed by atoms with E-state index in [1.165, 1.54) is 0 Å². The molecule has 0 aliphatic heterocycles. The summed E-state index contributed by atoms with van der Waals surface area (Å²) < 4.78 is 4.75. The SMILES string of the molecule is Cc1ccccc1Nc1nc2nonc2nc1N/N=C/c1cccc2ccccc12. The Morgan fingerprint density at radius 2 is 1.57 bits per heavy atom. The van der Waals surface area contributed by atoms with Gasteiger partial charge in [0, 0.05) is 11.3 Å². The van der Waals surface area contributed by atoms with Crippen LogP contribution in [0.1, 0.15) is 11.1 Å². The lowest BCUT2D eigenvalue weighted by Gasteiger charge is -2.11. The van der Waals surface area contributed by atoms with E-state index in [4.69, 9.17) is 4.63 Å². The lowest BCUT2D eigenvalue weighted by Crippen LogP contribution is -2.04. The standard InChI is InChI=1S/C22H17N7O/c1-14-7-2-5-12-18(14)24-19-20(26-22-21(25-19)28-30-29-22)27-23-13-16-10-6-9-15-8-3-4-11-17(15)16/h2-13H,1H3,(H,24,25,28)(H,26,27,29)/b23-13+. The van der Waals surface area contributed by atoms with Gasteiger partial charge in [0.15, 0.2) is 11.6 Å². The van der Waals surface area contributed by atoms with Gasteiger partial charge in [0.05, 0.1) is 6.21 Å². The highest BCUT2D eigenvalue weighted by molar-refractivity contribution is 5.99. The fourth-order valence-electron chi connectivity index (χ4n) is 3.17. The van der Waals surface area contributed by atoms with E-state index in [2.05, 4.69) is 54.3 Å². The maximum Gasteiger partial charge on any atom is 0.245 e. The Labute approximate surface area is 171 Å². The zero-order valence-electron chi connectivity index (χ0n) is 16.1. The molecule has 0 bridgehead atoms. The third kappa shape index (κ3) is 3.42. The fraction of sp³-hybridized carbons (Fsp3) is 0.0455. The summed E-state index contributed by atoms with van der Waals surface area (Å²) in [5.41, 5.74) is 6.56. The van der Waals surface area contributed by atoms with Gasteiger partial charge >= 0.3 is 0 Å². The first-order valence-electron chi connectivity index (χ1n) is 9.38. The molecular formula is C22H17N7O. The van der Waals surface area contributed by atoms with Crippen molar-refractivity contribution in [2.75, 3.05) is 10.7 Å². The lowest BCUT2D eigenvalue weighted by atomic mass is 10.1. The van der Waals surface area contributed by atoms with Crippen molar-refractivity contribution >= 4 is 45.6 Å². The molecule has 0 saturated carbocycles. The van der Waals surface area contributed by atoms with Crippen molar-refractivity contribution in [3.8, 4) is 0 Å². The van der Waals surface area contributed by atoms with Crippen LogP contribution in [0.5, 0.6) is 0 Å². The normalized spacial score (nSPS) is 11.4. The van der Waals surface area contributed by atoms with Crippen molar-refractivity contribution in [1.29, 1.82) is 0 Å². The van der Waals surface area contributed by atoms with Crippen molar-refractivity contribution in [2.24, 2.45) is 5.10 Å². The van der Waals surface area contributed by atoms with E-state index >= 15 is 0 Å². The summed E-state index contributed by atoms with van der Waals surface area (Å²) in [5.74, 6) is 0.889. The van der Waals surface area contributed by atoms with Crippen molar-refractivity contribution in [1.82, 2.24) is 20.3 Å². The molecule has 0 saturated heterocycles. The van der Waals surface area contributed by atoms with Gasteiger partial charge in [0.1, 0.15) is 0 Å². The number of aromatic nitrogens is 4. The van der Waals surface area contributed by atoms with E-state index in [0.29, 0.717) is 22.9 Å². The summed E-state index contributed by atoms with van der Waals surface area (Å²) in [6.07, 6.45) is 1.76. The molecule has 2 N–H and O–H groups in total. The van der Waals surface area contributed by atoms with Gasteiger partial charge in [0.25, 0.3) is 0 Å². The maximum atomic E-state index is 4.75. The molecule has 0 unspecified atom stereocenters. The van der Waals surface area contributed by atoms with Crippen LogP contribution in [-0.2, 0) is 0 Å². The van der Waals surface area contributed by atoms with Crippen molar-refractivity contribution in [3.63, 3.8) is 0 Å². The first-order valence-corrected chi connectivity index (χ1v) is 9.38. The molecule has 0 aliphatic carbocycles. The summed E-state index contributed by atoms with van der Waals surface area (Å²) in [7, 11) is 0. The molecule has 2 heterocycles. The molecule has 5 aromatic rings. The molecule has 0 spiro atoms. The van der Waals surface area contributed by atoms with Gasteiger partial charge in [-0.15, -0.1) is 0 Å². The fourth-order valence-corrected chi connectivity index (χ4v) is 3.17. The predicted octanol–water partition coefficient (Wildman–Crippen LogP) is 4.66. The third-order valence-electron chi connectivity index (χ3n) is 4.71. The third-order valence-corrected chi connectivity index (χ3v) is 4.71. The Morgan fingerprint density at radius 1 is 0.833 bits per heavy atom. The lowest BCUT2D eigenvalue weighted by molar-refractivity contribution is 0.314. The Kier molecular flexibility index (Phi) is 4.49. The molecular weight excluding hydrogens is 378 g/mol. The van der Waals surface area contributed by atoms with Crippen LogP contribution >= 0.6 is 0 Å². The van der Waals surface area contributed by atoms with Gasteiger partial charge in [-0.2, -0.15) is 10.1 Å². The molecule has 0 atom stereocenters. The molecule has 30 heavy (non-hydrogen) atoms. The van der Waals surface area contributed by atoms with Crippen molar-refractivity contribution < 1.29 is 4.63 Å². The van der Waals surface area contributed by atoms with Crippen LogP contribution in [0.3, 0.4) is 0 Å². The first kappa shape index (κ1) is 17.7. The largest absolute Gasteiger partial charge is 0.337 e. The Morgan fingerprint density at radius 3 is 2.43 bits per heavy atom. The van der Waals surface area contributed by atoms with E-state index in [1.54, 1.807) is 6.21 Å². The highest BCUT2D eigenvalue weighted by Gasteiger charge is 2.13. The highest BCUT2D eigenvalue weighted by atomic mass is 16.6. The van der Waals surface area contributed by atoms with Gasteiger partial charge in [-0.25, -0.2) is 9.61 Å². The maximum absolute atomic E-state index is 4.75. The van der Waals surface area contributed by atoms with Crippen LogP contribution in [-0.4, -0.2) is 26.5 Å². The Balaban J connectivity index is 1.48. The zero-order chi connectivity index (χ0) is 20.3. The number of nitrogens with one attached hydrogen (secondary N) is 2. The molecule has 0 fully saturated rings. The quantitative estimate of drug-likeness (QED) is 0.329. The molecule has 3 aromatic carbocycles. The van der Waals surface area contributed by atoms with E-state index < -0.39 is 0 Å². The highest BCUT2D eigenvalue weighted by Crippen LogP contribution is 2.25. The van der Waals surface area contributed by atoms with E-state index in [0.717, 1.165) is 27.6 Å². The van der Waals surface area contributed by atoms with Crippen molar-refractivity contribution in [3.05, 3.63) is 77.9 Å². The number of benzene rings is 3. The van der Waals surface area contributed by atoms with E-state index in [-0.39, 0.29) is 0 Å². The molecule has 0 aliphatic rings. The number of anilines is 3. The topological polar surface area (TPSA) is 101 Å². The molecule has 2 aromatic heterocycles. The molecule has 146 valence electrons.